The van der Waals surface area contributed by atoms with Crippen LogP contribution in [0.3, 0.4) is 0 Å². The zero-order valence-corrected chi connectivity index (χ0v) is 14.0. The third-order valence-electron chi connectivity index (χ3n) is 4.56. The van der Waals surface area contributed by atoms with Crippen molar-refractivity contribution in [3.63, 3.8) is 0 Å². The van der Waals surface area contributed by atoms with E-state index in [1.807, 2.05) is 13.8 Å². The lowest BCUT2D eigenvalue weighted by Crippen LogP contribution is -2.21. The van der Waals surface area contributed by atoms with Gasteiger partial charge in [-0.3, -0.25) is 0 Å². The van der Waals surface area contributed by atoms with Crippen LogP contribution in [0.4, 0.5) is 0 Å². The van der Waals surface area contributed by atoms with Crippen molar-refractivity contribution in [1.82, 2.24) is 0 Å². The maximum absolute atomic E-state index is 5.94. The normalized spacial score (nSPS) is 23.9. The summed E-state index contributed by atoms with van der Waals surface area (Å²) in [5, 5.41) is 0. The van der Waals surface area contributed by atoms with Crippen molar-refractivity contribution in [2.24, 2.45) is 5.92 Å². The summed E-state index contributed by atoms with van der Waals surface area (Å²) in [4.78, 5) is 0. The quantitative estimate of drug-likeness (QED) is 0.692. The third kappa shape index (κ3) is 5.12. The summed E-state index contributed by atoms with van der Waals surface area (Å²) in [7, 11) is 0. The maximum atomic E-state index is 5.94. The minimum absolute atomic E-state index is 0.253. The van der Waals surface area contributed by atoms with Crippen LogP contribution in [0.25, 0.3) is 0 Å². The van der Waals surface area contributed by atoms with E-state index in [4.69, 9.17) is 9.47 Å². The van der Waals surface area contributed by atoms with Gasteiger partial charge in [-0.15, -0.1) is 0 Å². The molecular formula is C19H30O2. The standard InChI is InChI=1S/C19H30O2/c1-5-15(2)13-17(16-9-7-6-8-10-16)11-12-18-14-20-19(3,4)21-18/h6-10,15,17-18H,5,11-14H2,1-4H3. The molecule has 3 atom stereocenters. The van der Waals surface area contributed by atoms with Gasteiger partial charge in [0.25, 0.3) is 0 Å². The van der Waals surface area contributed by atoms with E-state index in [-0.39, 0.29) is 6.10 Å². The minimum atomic E-state index is -0.399. The second kappa shape index (κ2) is 7.42. The van der Waals surface area contributed by atoms with Crippen molar-refractivity contribution in [2.45, 2.75) is 71.2 Å². The Kier molecular flexibility index (Phi) is 5.83. The van der Waals surface area contributed by atoms with E-state index in [1.165, 1.54) is 24.8 Å². The molecule has 0 radical (unpaired) electrons. The van der Waals surface area contributed by atoms with Crippen LogP contribution in [-0.2, 0) is 9.47 Å². The van der Waals surface area contributed by atoms with E-state index in [2.05, 4.69) is 44.2 Å². The molecule has 0 spiro atoms. The Morgan fingerprint density at radius 1 is 1.24 bits per heavy atom. The van der Waals surface area contributed by atoms with Gasteiger partial charge in [-0.1, -0.05) is 50.6 Å². The van der Waals surface area contributed by atoms with E-state index < -0.39 is 5.79 Å². The Morgan fingerprint density at radius 3 is 2.52 bits per heavy atom. The minimum Gasteiger partial charge on any atom is -0.348 e. The highest BCUT2D eigenvalue weighted by Gasteiger charge is 2.32. The molecule has 2 rings (SSSR count). The van der Waals surface area contributed by atoms with Crippen LogP contribution in [0.1, 0.15) is 64.9 Å². The van der Waals surface area contributed by atoms with E-state index in [1.54, 1.807) is 0 Å². The van der Waals surface area contributed by atoms with Crippen LogP contribution in [-0.4, -0.2) is 18.5 Å². The number of rotatable bonds is 7. The highest BCUT2D eigenvalue weighted by atomic mass is 16.7. The van der Waals surface area contributed by atoms with Crippen molar-refractivity contribution in [3.8, 4) is 0 Å². The summed E-state index contributed by atoms with van der Waals surface area (Å²) in [6.45, 7) is 9.37. The lowest BCUT2D eigenvalue weighted by Gasteiger charge is -2.23. The van der Waals surface area contributed by atoms with Gasteiger partial charge in [0, 0.05) is 0 Å². The van der Waals surface area contributed by atoms with E-state index in [9.17, 15) is 0 Å². The molecule has 0 N–H and O–H groups in total. The van der Waals surface area contributed by atoms with Crippen LogP contribution < -0.4 is 0 Å². The van der Waals surface area contributed by atoms with Crippen molar-refractivity contribution in [2.75, 3.05) is 6.61 Å². The van der Waals surface area contributed by atoms with Gasteiger partial charge in [0.05, 0.1) is 12.7 Å². The van der Waals surface area contributed by atoms with Crippen molar-refractivity contribution >= 4 is 0 Å². The average Bonchev–Trinajstić information content (AvgIpc) is 2.83. The molecule has 1 saturated heterocycles. The van der Waals surface area contributed by atoms with E-state index in [0.717, 1.165) is 18.9 Å². The lowest BCUT2D eigenvalue weighted by molar-refractivity contribution is -0.139. The Bertz CT molecular complexity index is 413. The van der Waals surface area contributed by atoms with Crippen LogP contribution in [0.5, 0.6) is 0 Å². The molecule has 1 heterocycles. The first kappa shape index (κ1) is 16.5. The van der Waals surface area contributed by atoms with Gasteiger partial charge in [-0.05, 0) is 50.5 Å². The van der Waals surface area contributed by atoms with E-state index >= 15 is 0 Å². The molecule has 2 nitrogen and oxygen atoms in total. The highest BCUT2D eigenvalue weighted by molar-refractivity contribution is 5.19. The lowest BCUT2D eigenvalue weighted by atomic mass is 9.85. The second-order valence-corrected chi connectivity index (χ2v) is 6.88. The molecule has 21 heavy (non-hydrogen) atoms. The maximum Gasteiger partial charge on any atom is 0.163 e. The Balaban J connectivity index is 1.93. The molecule has 0 aliphatic carbocycles. The zero-order chi connectivity index (χ0) is 15.3. The van der Waals surface area contributed by atoms with Gasteiger partial charge in [-0.2, -0.15) is 0 Å². The summed E-state index contributed by atoms with van der Waals surface area (Å²) >= 11 is 0. The molecule has 0 saturated carbocycles. The molecule has 118 valence electrons. The molecule has 1 fully saturated rings. The average molecular weight is 290 g/mol. The molecule has 0 bridgehead atoms. The summed E-state index contributed by atoms with van der Waals surface area (Å²) in [6.07, 6.45) is 5.03. The predicted octanol–water partition coefficient (Wildman–Crippen LogP) is 5.14. The zero-order valence-electron chi connectivity index (χ0n) is 14.0. The number of hydrogen-bond acceptors (Lipinski definition) is 2. The Morgan fingerprint density at radius 2 is 1.95 bits per heavy atom. The van der Waals surface area contributed by atoms with Crippen molar-refractivity contribution in [1.29, 1.82) is 0 Å². The molecule has 2 heteroatoms. The molecule has 1 aromatic carbocycles. The third-order valence-corrected chi connectivity index (χ3v) is 4.56. The fourth-order valence-corrected chi connectivity index (χ4v) is 3.09. The fourth-order valence-electron chi connectivity index (χ4n) is 3.09. The smallest absolute Gasteiger partial charge is 0.163 e. The van der Waals surface area contributed by atoms with Crippen LogP contribution in [0.15, 0.2) is 30.3 Å². The summed E-state index contributed by atoms with van der Waals surface area (Å²) in [5.74, 6) is 1.00. The number of ether oxygens (including phenoxy) is 2. The summed E-state index contributed by atoms with van der Waals surface area (Å²) < 4.78 is 11.6. The molecule has 0 aromatic heterocycles. The largest absolute Gasteiger partial charge is 0.348 e. The molecule has 3 unspecified atom stereocenters. The molecule has 1 aliphatic rings. The second-order valence-electron chi connectivity index (χ2n) is 6.88. The van der Waals surface area contributed by atoms with Crippen molar-refractivity contribution in [3.05, 3.63) is 35.9 Å². The van der Waals surface area contributed by atoms with Gasteiger partial charge < -0.3 is 9.47 Å². The molecule has 0 amide bonds. The topological polar surface area (TPSA) is 18.5 Å². The Hall–Kier alpha value is -0.860. The van der Waals surface area contributed by atoms with Crippen molar-refractivity contribution < 1.29 is 9.47 Å². The van der Waals surface area contributed by atoms with Gasteiger partial charge in [0.1, 0.15) is 0 Å². The fraction of sp³-hybridized carbons (Fsp3) is 0.684. The van der Waals surface area contributed by atoms with Crippen LogP contribution in [0.2, 0.25) is 0 Å². The van der Waals surface area contributed by atoms with Crippen LogP contribution in [0, 0.1) is 5.92 Å². The SMILES string of the molecule is CCC(C)CC(CCC1COC(C)(C)O1)c1ccccc1. The molecule has 1 aliphatic heterocycles. The molecule has 1 aromatic rings. The predicted molar refractivity (Wildman–Crippen MR) is 87.4 cm³/mol. The Labute approximate surface area is 129 Å². The summed E-state index contributed by atoms with van der Waals surface area (Å²) in [6, 6.07) is 10.9. The van der Waals surface area contributed by atoms with Gasteiger partial charge in [-0.25, -0.2) is 0 Å². The molecular weight excluding hydrogens is 260 g/mol. The van der Waals surface area contributed by atoms with Gasteiger partial charge in [0.15, 0.2) is 5.79 Å². The van der Waals surface area contributed by atoms with Crippen LogP contribution >= 0.6 is 0 Å². The van der Waals surface area contributed by atoms with Gasteiger partial charge >= 0.3 is 0 Å². The first-order chi connectivity index (χ1) is 10.00. The summed E-state index contributed by atoms with van der Waals surface area (Å²) in [5.41, 5.74) is 1.47. The number of hydrogen-bond donors (Lipinski definition) is 0. The first-order valence-corrected chi connectivity index (χ1v) is 8.37. The number of benzene rings is 1. The van der Waals surface area contributed by atoms with E-state index in [0.29, 0.717) is 5.92 Å². The highest BCUT2D eigenvalue weighted by Crippen LogP contribution is 2.32. The first-order valence-electron chi connectivity index (χ1n) is 8.37. The monoisotopic (exact) mass is 290 g/mol. The van der Waals surface area contributed by atoms with Gasteiger partial charge in [0.2, 0.25) is 0 Å².